The van der Waals surface area contributed by atoms with Gasteiger partial charge in [-0.2, -0.15) is 0 Å². The first-order valence-electron chi connectivity index (χ1n) is 11.3. The maximum Gasteiger partial charge on any atom is 0.316 e. The van der Waals surface area contributed by atoms with Crippen LogP contribution in [0.1, 0.15) is 75.2 Å². The molecule has 7 heteroatoms. The maximum atomic E-state index is 13.3. The molecule has 0 spiro atoms. The van der Waals surface area contributed by atoms with Crippen molar-refractivity contribution in [3.8, 4) is 0 Å². The predicted molar refractivity (Wildman–Crippen MR) is 120 cm³/mol. The van der Waals surface area contributed by atoms with Crippen molar-refractivity contribution >= 4 is 17.5 Å². The highest BCUT2D eigenvalue weighted by atomic mass is 16.6. The summed E-state index contributed by atoms with van der Waals surface area (Å²) in [4.78, 5) is 26.1. The van der Waals surface area contributed by atoms with Gasteiger partial charge in [-0.05, 0) is 39.5 Å². The number of hydrogen-bond acceptors (Lipinski definition) is 7. The second-order valence-electron chi connectivity index (χ2n) is 10.4. The van der Waals surface area contributed by atoms with Crippen LogP contribution < -0.4 is 0 Å². The zero-order chi connectivity index (χ0) is 24.5. The SMILES string of the molecule is CC[C@H]1OC(=O)[C@H](C)C(=O)[C@H](C)C(C)(C)[C@](C)(OC)C[C@@H](C)C(=N)[C@H](C)[C@@H](O)[C@]1(C)O. The molecule has 1 aliphatic heterocycles. The molecule has 180 valence electrons. The molecule has 0 radical (unpaired) electrons. The molecule has 0 saturated carbocycles. The summed E-state index contributed by atoms with van der Waals surface area (Å²) >= 11 is 0. The van der Waals surface area contributed by atoms with Gasteiger partial charge in [-0.3, -0.25) is 9.59 Å². The third kappa shape index (κ3) is 5.04. The van der Waals surface area contributed by atoms with Crippen LogP contribution in [0.15, 0.2) is 0 Å². The van der Waals surface area contributed by atoms with E-state index < -0.39 is 52.5 Å². The number of esters is 1. The number of carbonyl (C=O) groups is 2. The van der Waals surface area contributed by atoms with Gasteiger partial charge in [-0.15, -0.1) is 0 Å². The van der Waals surface area contributed by atoms with Gasteiger partial charge in [0.1, 0.15) is 23.4 Å². The Morgan fingerprint density at radius 3 is 2.10 bits per heavy atom. The summed E-state index contributed by atoms with van der Waals surface area (Å²) < 4.78 is 11.5. The van der Waals surface area contributed by atoms with E-state index >= 15 is 0 Å². The van der Waals surface area contributed by atoms with Gasteiger partial charge >= 0.3 is 5.97 Å². The molecule has 0 aromatic carbocycles. The summed E-state index contributed by atoms with van der Waals surface area (Å²) in [7, 11) is 1.59. The Kier molecular flexibility index (Phi) is 8.65. The molecule has 31 heavy (non-hydrogen) atoms. The van der Waals surface area contributed by atoms with E-state index in [1.807, 2.05) is 27.7 Å². The fourth-order valence-corrected chi connectivity index (χ4v) is 4.78. The first-order valence-corrected chi connectivity index (χ1v) is 11.3. The van der Waals surface area contributed by atoms with Crippen LogP contribution in [-0.2, 0) is 19.1 Å². The molecule has 1 rings (SSSR count). The van der Waals surface area contributed by atoms with Crippen LogP contribution in [-0.4, -0.2) is 58.2 Å². The Balaban J connectivity index is 3.59. The third-order valence-electron chi connectivity index (χ3n) is 8.17. The van der Waals surface area contributed by atoms with E-state index in [-0.39, 0.29) is 23.8 Å². The smallest absolute Gasteiger partial charge is 0.316 e. The quantitative estimate of drug-likeness (QED) is 0.447. The molecule has 1 fully saturated rings. The Morgan fingerprint density at radius 1 is 1.13 bits per heavy atom. The number of aliphatic hydroxyl groups is 2. The van der Waals surface area contributed by atoms with Crippen LogP contribution in [0.4, 0.5) is 0 Å². The van der Waals surface area contributed by atoms with E-state index in [1.54, 1.807) is 27.9 Å². The zero-order valence-electron chi connectivity index (χ0n) is 20.9. The number of methoxy groups -OCH3 is 1. The average Bonchev–Trinajstić information content (AvgIpc) is 2.72. The monoisotopic (exact) mass is 441 g/mol. The number of ketones is 1. The van der Waals surface area contributed by atoms with E-state index in [9.17, 15) is 19.8 Å². The number of ether oxygens (including phenoxy) is 2. The summed E-state index contributed by atoms with van der Waals surface area (Å²) in [5.41, 5.74) is -2.93. The van der Waals surface area contributed by atoms with Gasteiger partial charge < -0.3 is 25.1 Å². The molecule has 3 N–H and O–H groups in total. The molecule has 1 saturated heterocycles. The first kappa shape index (κ1) is 27.7. The highest BCUT2D eigenvalue weighted by Gasteiger charge is 2.51. The normalized spacial score (nSPS) is 43.3. The largest absolute Gasteiger partial charge is 0.459 e. The average molecular weight is 442 g/mol. The maximum absolute atomic E-state index is 13.3. The van der Waals surface area contributed by atoms with Gasteiger partial charge in [-0.25, -0.2) is 0 Å². The minimum atomic E-state index is -1.78. The highest BCUT2D eigenvalue weighted by Crippen LogP contribution is 2.46. The van der Waals surface area contributed by atoms with Crippen LogP contribution in [0, 0.1) is 34.5 Å². The van der Waals surface area contributed by atoms with Crippen molar-refractivity contribution in [2.75, 3.05) is 7.11 Å². The highest BCUT2D eigenvalue weighted by molar-refractivity contribution is 6.00. The zero-order valence-corrected chi connectivity index (χ0v) is 20.9. The van der Waals surface area contributed by atoms with Crippen LogP contribution in [0.5, 0.6) is 0 Å². The molecule has 0 aliphatic carbocycles. The van der Waals surface area contributed by atoms with Crippen molar-refractivity contribution in [2.24, 2.45) is 29.1 Å². The van der Waals surface area contributed by atoms with Gasteiger partial charge in [0.2, 0.25) is 0 Å². The minimum Gasteiger partial charge on any atom is -0.459 e. The predicted octanol–water partition coefficient (Wildman–Crippen LogP) is 3.39. The van der Waals surface area contributed by atoms with Crippen molar-refractivity contribution in [2.45, 2.75) is 98.6 Å². The molecule has 8 atom stereocenters. The molecule has 0 aromatic rings. The molecule has 0 amide bonds. The number of rotatable bonds is 2. The van der Waals surface area contributed by atoms with E-state index in [4.69, 9.17) is 14.9 Å². The lowest BCUT2D eigenvalue weighted by atomic mass is 9.62. The second-order valence-corrected chi connectivity index (χ2v) is 10.4. The molecule has 0 aromatic heterocycles. The van der Waals surface area contributed by atoms with Crippen molar-refractivity contribution < 1.29 is 29.3 Å². The van der Waals surface area contributed by atoms with Crippen LogP contribution in [0.2, 0.25) is 0 Å². The molecule has 1 heterocycles. The number of nitrogens with one attached hydrogen (secondary N) is 1. The van der Waals surface area contributed by atoms with Crippen LogP contribution in [0.25, 0.3) is 0 Å². The van der Waals surface area contributed by atoms with E-state index in [0.29, 0.717) is 6.42 Å². The van der Waals surface area contributed by atoms with Gasteiger partial charge in [0.15, 0.2) is 0 Å². The molecule has 0 unspecified atom stereocenters. The Morgan fingerprint density at radius 2 is 1.65 bits per heavy atom. The fraction of sp³-hybridized carbons (Fsp3) is 0.875. The summed E-state index contributed by atoms with van der Waals surface area (Å²) in [6.45, 7) is 15.9. The van der Waals surface area contributed by atoms with Crippen LogP contribution >= 0.6 is 0 Å². The van der Waals surface area contributed by atoms with E-state index in [0.717, 1.165) is 0 Å². The molecule has 1 aliphatic rings. The standard InChI is InChI=1S/C24H43NO6/c1-11-17-24(9,29)20(27)14(3)18(25)13(2)12-23(8,30-10)22(6,7)16(5)19(26)15(4)21(28)31-17/h13-17,20,25,27,29H,11-12H2,1-10H3/t13-,14+,15-,16+,17-,20-,23-,24-/m1/s1. The molecular weight excluding hydrogens is 398 g/mol. The number of cyclic esters (lactones) is 1. The fourth-order valence-electron chi connectivity index (χ4n) is 4.78. The van der Waals surface area contributed by atoms with E-state index in [2.05, 4.69) is 0 Å². The Bertz CT molecular complexity index is 688. The molecular formula is C24H43NO6. The lowest BCUT2D eigenvalue weighted by Crippen LogP contribution is -2.57. The Labute approximate surface area is 187 Å². The van der Waals surface area contributed by atoms with Crippen molar-refractivity contribution in [1.29, 1.82) is 5.41 Å². The molecule has 0 bridgehead atoms. The van der Waals surface area contributed by atoms with Gasteiger partial charge in [-0.1, -0.05) is 41.5 Å². The summed E-state index contributed by atoms with van der Waals surface area (Å²) in [5.74, 6) is -3.46. The summed E-state index contributed by atoms with van der Waals surface area (Å²) in [5, 5.41) is 30.8. The lowest BCUT2D eigenvalue weighted by Gasteiger charge is -2.49. The van der Waals surface area contributed by atoms with Gasteiger partial charge in [0.25, 0.3) is 0 Å². The molecule has 7 nitrogen and oxygen atoms in total. The lowest BCUT2D eigenvalue weighted by molar-refractivity contribution is -0.187. The number of carbonyl (C=O) groups excluding carboxylic acids is 2. The van der Waals surface area contributed by atoms with Crippen molar-refractivity contribution in [1.82, 2.24) is 0 Å². The Hall–Kier alpha value is -1.31. The first-order chi connectivity index (χ1) is 14.0. The van der Waals surface area contributed by atoms with Crippen LogP contribution in [0.3, 0.4) is 0 Å². The van der Waals surface area contributed by atoms with Gasteiger partial charge in [0.05, 0.1) is 11.7 Å². The second kappa shape index (κ2) is 9.67. The topological polar surface area (TPSA) is 117 Å². The minimum absolute atomic E-state index is 0.259. The summed E-state index contributed by atoms with van der Waals surface area (Å²) in [6, 6.07) is 0. The van der Waals surface area contributed by atoms with Crippen molar-refractivity contribution in [3.05, 3.63) is 0 Å². The number of Topliss-reactive ketones (excluding diaryl/α,β-unsaturated/α-hetero) is 1. The third-order valence-corrected chi connectivity index (χ3v) is 8.17. The summed E-state index contributed by atoms with van der Waals surface area (Å²) in [6.07, 6.45) is -1.63. The van der Waals surface area contributed by atoms with Crippen molar-refractivity contribution in [3.63, 3.8) is 0 Å². The van der Waals surface area contributed by atoms with E-state index in [1.165, 1.54) is 13.8 Å². The number of aliphatic hydroxyl groups excluding tert-OH is 1. The van der Waals surface area contributed by atoms with Gasteiger partial charge in [0, 0.05) is 30.1 Å². The number of hydrogen-bond donors (Lipinski definition) is 3.